The predicted molar refractivity (Wildman–Crippen MR) is 243 cm³/mol. The zero-order valence-electron chi connectivity index (χ0n) is 38.3. The summed E-state index contributed by atoms with van der Waals surface area (Å²) < 4.78 is 39.3. The Balaban J connectivity index is 1.36. The normalized spacial score (nSPS) is 17.8. The lowest BCUT2D eigenvalue weighted by Crippen LogP contribution is -2.63. The second-order valence-electron chi connectivity index (χ2n) is 16.5. The average Bonchev–Trinajstić information content (AvgIpc) is 3.58. The van der Waals surface area contributed by atoms with Crippen molar-refractivity contribution in [2.75, 3.05) is 6.61 Å². The van der Waals surface area contributed by atoms with Crippen molar-refractivity contribution >= 4 is 35.8 Å². The van der Waals surface area contributed by atoms with Gasteiger partial charge in [-0.2, -0.15) is 0 Å². The highest BCUT2D eigenvalue weighted by atomic mass is 16.7. The number of carbonyl (C=O) groups is 6. The monoisotopic (exact) mass is 1090 g/mol. The molecule has 0 aliphatic carbocycles. The molecule has 0 radical (unpaired) electrons. The summed E-state index contributed by atoms with van der Waals surface area (Å²) in [7, 11) is 0. The minimum Gasteiger partial charge on any atom is -0.504 e. The first-order chi connectivity index (χ1) is 36.7. The fraction of sp³-hybridized carbons (Fsp3) is 0.125. The zero-order chi connectivity index (χ0) is 57.1. The highest BCUT2D eigenvalue weighted by Crippen LogP contribution is 2.55. The third kappa shape index (κ3) is 9.56. The second kappa shape index (κ2) is 19.9. The minimum atomic E-state index is -2.66. The minimum absolute atomic E-state index is 0.406. The van der Waals surface area contributed by atoms with Crippen LogP contribution in [-0.4, -0.2) is 160 Å². The molecule has 0 aromatic heterocycles. The van der Waals surface area contributed by atoms with Crippen molar-refractivity contribution in [3.63, 3.8) is 0 Å². The Bertz CT molecular complexity index is 3500. The van der Waals surface area contributed by atoms with E-state index >= 15 is 4.79 Å². The summed E-state index contributed by atoms with van der Waals surface area (Å²) in [5.74, 6) is -32.8. The number of carboxylic acids is 1. The van der Waals surface area contributed by atoms with Gasteiger partial charge in [0.1, 0.15) is 12.7 Å². The molecule has 1 saturated heterocycles. The van der Waals surface area contributed by atoms with E-state index in [9.17, 15) is 111 Å². The molecule has 406 valence electrons. The van der Waals surface area contributed by atoms with Crippen molar-refractivity contribution in [2.45, 2.75) is 30.7 Å². The largest absolute Gasteiger partial charge is 0.504 e. The summed E-state index contributed by atoms with van der Waals surface area (Å²) in [6.07, 6.45) is -12.8. The lowest BCUT2D eigenvalue weighted by atomic mass is 9.91. The molecule has 1 fully saturated rings. The number of hydrogen-bond donors (Lipinski definition) is 17. The zero-order valence-corrected chi connectivity index (χ0v) is 38.3. The molecular formula is C48H34O30. The molecule has 2 aliphatic heterocycles. The van der Waals surface area contributed by atoms with Gasteiger partial charge in [0.15, 0.2) is 98.5 Å². The van der Waals surface area contributed by atoms with Gasteiger partial charge in [0.05, 0.1) is 33.4 Å². The van der Waals surface area contributed by atoms with Crippen LogP contribution in [0.1, 0.15) is 62.1 Å². The summed E-state index contributed by atoms with van der Waals surface area (Å²) in [6, 6.07) is 5.01. The van der Waals surface area contributed by atoms with Gasteiger partial charge < -0.3 is 120 Å². The Kier molecular flexibility index (Phi) is 13.5. The molecule has 0 bridgehead atoms. The summed E-state index contributed by atoms with van der Waals surface area (Å²) in [4.78, 5) is 83.1. The number of hydrogen-bond acceptors (Lipinski definition) is 29. The molecule has 6 aromatic carbocycles. The van der Waals surface area contributed by atoms with Crippen LogP contribution in [0.4, 0.5) is 0 Å². The molecule has 0 amide bonds. The van der Waals surface area contributed by atoms with Gasteiger partial charge in [0.25, 0.3) is 0 Å². The summed E-state index contributed by atoms with van der Waals surface area (Å²) in [5.41, 5.74) is -8.05. The lowest BCUT2D eigenvalue weighted by Gasteiger charge is -2.43. The molecule has 30 heteroatoms. The molecule has 0 saturated carbocycles. The molecule has 5 atom stereocenters. The lowest BCUT2D eigenvalue weighted by molar-refractivity contribution is -0.282. The van der Waals surface area contributed by atoms with E-state index in [2.05, 4.69) is 0 Å². The Hall–Kier alpha value is -11.3. The van der Waals surface area contributed by atoms with Gasteiger partial charge in [0.2, 0.25) is 29.6 Å². The second-order valence-corrected chi connectivity index (χ2v) is 16.5. The van der Waals surface area contributed by atoms with Crippen molar-refractivity contribution in [2.24, 2.45) is 0 Å². The first-order valence-electron chi connectivity index (χ1n) is 21.4. The van der Waals surface area contributed by atoms with Gasteiger partial charge in [-0.25, -0.2) is 28.8 Å². The highest BCUT2D eigenvalue weighted by Gasteiger charge is 2.55. The first-order valence-corrected chi connectivity index (χ1v) is 21.4. The van der Waals surface area contributed by atoms with Crippen LogP contribution in [0.25, 0.3) is 11.1 Å². The van der Waals surface area contributed by atoms with E-state index < -0.39 is 221 Å². The topological polar surface area (TPSA) is 511 Å². The molecule has 2 aliphatic rings. The van der Waals surface area contributed by atoms with E-state index in [0.29, 0.717) is 60.7 Å². The van der Waals surface area contributed by atoms with Crippen molar-refractivity contribution in [3.05, 3.63) is 94.0 Å². The number of aromatic carboxylic acids is 1. The molecule has 8 rings (SSSR count). The van der Waals surface area contributed by atoms with E-state index in [1.165, 1.54) is 0 Å². The van der Waals surface area contributed by atoms with Gasteiger partial charge in [0, 0.05) is 17.2 Å². The number of cyclic esters (lactones) is 1. The number of ether oxygens (including phenoxy) is 7. The number of rotatable bonds is 9. The number of aromatic hydroxyl groups is 16. The van der Waals surface area contributed by atoms with E-state index in [1.54, 1.807) is 0 Å². The van der Waals surface area contributed by atoms with Crippen LogP contribution >= 0.6 is 0 Å². The number of carbonyl (C=O) groups excluding carboxylic acids is 5. The van der Waals surface area contributed by atoms with Crippen LogP contribution in [0.2, 0.25) is 0 Å². The quantitative estimate of drug-likeness (QED) is 0.0562. The van der Waals surface area contributed by atoms with Crippen LogP contribution in [0, 0.1) is 0 Å². The summed E-state index contributed by atoms with van der Waals surface area (Å²) >= 11 is 0. The maximum atomic E-state index is 15.0. The fourth-order valence-corrected chi connectivity index (χ4v) is 7.75. The number of phenolic OH excluding ortho intramolecular Hbond substituents is 16. The van der Waals surface area contributed by atoms with Gasteiger partial charge in [-0.05, 0) is 54.6 Å². The van der Waals surface area contributed by atoms with Gasteiger partial charge in [-0.1, -0.05) is 0 Å². The molecule has 0 spiro atoms. The third-order valence-electron chi connectivity index (χ3n) is 11.5. The van der Waals surface area contributed by atoms with Crippen molar-refractivity contribution in [3.8, 4) is 115 Å². The Morgan fingerprint density at radius 3 is 1.31 bits per heavy atom. The number of esters is 5. The Morgan fingerprint density at radius 1 is 0.423 bits per heavy atom. The summed E-state index contributed by atoms with van der Waals surface area (Å²) in [5, 5.41) is 178. The molecule has 6 aromatic rings. The average molecular weight is 1090 g/mol. The molecule has 0 unspecified atom stereocenters. The first kappa shape index (κ1) is 53.0. The van der Waals surface area contributed by atoms with E-state index in [4.69, 9.17) is 33.2 Å². The molecule has 30 nitrogen and oxygen atoms in total. The van der Waals surface area contributed by atoms with Crippen LogP contribution in [0.15, 0.2) is 60.7 Å². The number of benzene rings is 6. The molecule has 2 heterocycles. The number of phenols is 16. The van der Waals surface area contributed by atoms with Crippen LogP contribution in [0.5, 0.6) is 103 Å². The molecule has 78 heavy (non-hydrogen) atoms. The van der Waals surface area contributed by atoms with Crippen molar-refractivity contribution < 1.29 is 149 Å². The van der Waals surface area contributed by atoms with Gasteiger partial charge >= 0.3 is 35.8 Å². The standard InChI is InChI=1S/C48H34O30/c49-18-2-13(3-19(50)31(18)57)43(67)76-40-39-28(74-48(78-45(69)15-6-22(53)33(59)23(54)7-15)41(40)77-44(68)14-4-20(51)32(58)21(52)5-14)11-72-46(70)16-9-25(56)35(61)37(63)29(16)30-17(47(71)75-39)10-27(36(62)38(30)64)73-26-8-12(42(65)66)1-24(55)34(26)60/h1-10,28,39-41,48-64H,11H2,(H,65,66)/t28-,39-,40+,41-,48+/m1/s1. The maximum Gasteiger partial charge on any atom is 0.340 e. The van der Waals surface area contributed by atoms with E-state index in [-0.39, 0.29) is 0 Å². The van der Waals surface area contributed by atoms with Gasteiger partial charge in [-0.15, -0.1) is 0 Å². The molecular weight excluding hydrogens is 1060 g/mol. The highest BCUT2D eigenvalue weighted by molar-refractivity contribution is 6.08. The Labute approximate surface area is 429 Å². The third-order valence-corrected chi connectivity index (χ3v) is 11.5. The van der Waals surface area contributed by atoms with E-state index in [0.717, 1.165) is 0 Å². The fourth-order valence-electron chi connectivity index (χ4n) is 7.75. The van der Waals surface area contributed by atoms with Crippen molar-refractivity contribution in [1.82, 2.24) is 0 Å². The number of fused-ring (bicyclic) bond motifs is 4. The number of carboxylic acid groups (broad SMARTS) is 1. The SMILES string of the molecule is O=C(O)c1cc(O)c(O)c(Oc2cc3c(c(O)c2O)-c2c(cc(O)c(O)c2O)C(=O)OC[C@H]2O[C@@H](OC(=O)c4cc(O)c(O)c(O)c4)[C@H](OC(=O)c4cc(O)c(O)c(O)c4)[C@@H](OC(=O)c4cc(O)c(O)c(O)c4)[C@@H]2OC3=O)c1. The molecule has 17 N–H and O–H groups in total. The Morgan fingerprint density at radius 2 is 0.821 bits per heavy atom. The van der Waals surface area contributed by atoms with E-state index in [1.807, 2.05) is 0 Å². The van der Waals surface area contributed by atoms with Gasteiger partial charge in [-0.3, -0.25) is 0 Å². The van der Waals surface area contributed by atoms with Crippen LogP contribution in [-0.2, 0) is 28.4 Å². The summed E-state index contributed by atoms with van der Waals surface area (Å²) in [6.45, 7) is -1.35. The maximum absolute atomic E-state index is 15.0. The van der Waals surface area contributed by atoms with Crippen LogP contribution in [0.3, 0.4) is 0 Å². The smallest absolute Gasteiger partial charge is 0.340 e. The van der Waals surface area contributed by atoms with Crippen LogP contribution < -0.4 is 4.74 Å². The van der Waals surface area contributed by atoms with Crippen molar-refractivity contribution in [1.29, 1.82) is 0 Å². The predicted octanol–water partition coefficient (Wildman–Crippen LogP) is 2.86.